The minimum Gasteiger partial charge on any atom is -0.444 e. The van der Waals surface area contributed by atoms with E-state index < -0.39 is 17.9 Å². The van der Waals surface area contributed by atoms with Gasteiger partial charge in [0.1, 0.15) is 12.7 Å². The fraction of sp³-hybridized carbons (Fsp3) is 0.381. The minimum atomic E-state index is -1.11. The number of ether oxygens (including phenoxy) is 2. The van der Waals surface area contributed by atoms with E-state index in [0.29, 0.717) is 13.2 Å². The SMILES string of the molecule is O=C1OC[C@]2(OC[C@H](Nc3ccccc3)[C@H]2O)N1CCCc1ccccc1. The summed E-state index contributed by atoms with van der Waals surface area (Å²) in [6.45, 7) is 0.829. The number of nitrogens with one attached hydrogen (secondary N) is 1. The number of hydrogen-bond donors (Lipinski definition) is 2. The number of anilines is 1. The molecule has 1 spiro atoms. The van der Waals surface area contributed by atoms with Crippen LogP contribution in [-0.4, -0.2) is 53.7 Å². The molecule has 2 aromatic carbocycles. The van der Waals surface area contributed by atoms with Gasteiger partial charge in [-0.3, -0.25) is 4.90 Å². The van der Waals surface area contributed by atoms with Crippen molar-refractivity contribution in [1.82, 2.24) is 4.90 Å². The summed E-state index contributed by atoms with van der Waals surface area (Å²) in [6, 6.07) is 19.5. The molecule has 0 aromatic heterocycles. The van der Waals surface area contributed by atoms with Gasteiger partial charge in [0.15, 0.2) is 0 Å². The smallest absolute Gasteiger partial charge is 0.412 e. The van der Waals surface area contributed by atoms with Gasteiger partial charge in [0, 0.05) is 12.2 Å². The van der Waals surface area contributed by atoms with E-state index in [4.69, 9.17) is 9.47 Å². The van der Waals surface area contributed by atoms with E-state index in [1.165, 1.54) is 5.56 Å². The summed E-state index contributed by atoms with van der Waals surface area (Å²) in [6.07, 6.45) is 0.319. The first kappa shape index (κ1) is 17.8. The third-order valence-electron chi connectivity index (χ3n) is 5.25. The lowest BCUT2D eigenvalue weighted by Gasteiger charge is -2.34. The number of nitrogens with zero attached hydrogens (tertiary/aromatic N) is 1. The number of aliphatic hydroxyl groups is 1. The molecule has 6 nitrogen and oxygen atoms in total. The molecule has 2 aliphatic heterocycles. The highest BCUT2D eigenvalue weighted by atomic mass is 16.6. The van der Waals surface area contributed by atoms with Crippen LogP contribution in [0.2, 0.25) is 0 Å². The van der Waals surface area contributed by atoms with Crippen LogP contribution in [0.15, 0.2) is 60.7 Å². The first-order chi connectivity index (χ1) is 13.2. The van der Waals surface area contributed by atoms with Gasteiger partial charge in [0.2, 0.25) is 5.72 Å². The molecule has 0 unspecified atom stereocenters. The molecule has 2 aliphatic rings. The summed E-state index contributed by atoms with van der Waals surface area (Å²) in [7, 11) is 0. The zero-order valence-corrected chi connectivity index (χ0v) is 15.1. The van der Waals surface area contributed by atoms with Gasteiger partial charge in [-0.25, -0.2) is 4.79 Å². The van der Waals surface area contributed by atoms with Crippen molar-refractivity contribution >= 4 is 11.8 Å². The zero-order chi connectivity index (χ0) is 18.7. The number of aryl methyl sites for hydroxylation is 1. The second-order valence-corrected chi connectivity index (χ2v) is 7.01. The van der Waals surface area contributed by atoms with Crippen molar-refractivity contribution < 1.29 is 19.4 Å². The van der Waals surface area contributed by atoms with Crippen molar-refractivity contribution in [2.45, 2.75) is 30.7 Å². The molecular weight excluding hydrogens is 344 g/mol. The molecule has 0 saturated carbocycles. The van der Waals surface area contributed by atoms with E-state index in [1.54, 1.807) is 4.90 Å². The molecule has 1 amide bonds. The van der Waals surface area contributed by atoms with Crippen LogP contribution in [0.3, 0.4) is 0 Å². The number of cyclic esters (lactones) is 1. The maximum absolute atomic E-state index is 12.3. The molecule has 27 heavy (non-hydrogen) atoms. The van der Waals surface area contributed by atoms with Gasteiger partial charge in [-0.2, -0.15) is 0 Å². The Morgan fingerprint density at radius 1 is 1.11 bits per heavy atom. The molecule has 6 heteroatoms. The van der Waals surface area contributed by atoms with Crippen LogP contribution < -0.4 is 5.32 Å². The van der Waals surface area contributed by atoms with Crippen LogP contribution in [0.25, 0.3) is 0 Å². The van der Waals surface area contributed by atoms with Gasteiger partial charge in [-0.15, -0.1) is 0 Å². The Balaban J connectivity index is 1.42. The predicted octanol–water partition coefficient (Wildman–Crippen LogP) is 2.64. The molecule has 2 saturated heterocycles. The highest BCUT2D eigenvalue weighted by molar-refractivity contribution is 5.71. The Kier molecular flexibility index (Phi) is 5.01. The topological polar surface area (TPSA) is 71.0 Å². The fourth-order valence-electron chi connectivity index (χ4n) is 3.80. The highest BCUT2D eigenvalue weighted by Gasteiger charge is 2.59. The molecule has 2 heterocycles. The van der Waals surface area contributed by atoms with Crippen LogP contribution in [0.1, 0.15) is 12.0 Å². The van der Waals surface area contributed by atoms with Crippen molar-refractivity contribution in [3.05, 3.63) is 66.2 Å². The van der Waals surface area contributed by atoms with Gasteiger partial charge >= 0.3 is 6.09 Å². The molecule has 4 rings (SSSR count). The van der Waals surface area contributed by atoms with Gasteiger partial charge in [0.25, 0.3) is 0 Å². The number of carbonyl (C=O) groups excluding carboxylic acids is 1. The van der Waals surface area contributed by atoms with Crippen molar-refractivity contribution in [1.29, 1.82) is 0 Å². The predicted molar refractivity (Wildman–Crippen MR) is 101 cm³/mol. The third kappa shape index (κ3) is 3.50. The minimum absolute atomic E-state index is 0.0469. The van der Waals surface area contributed by atoms with E-state index in [2.05, 4.69) is 17.4 Å². The number of hydrogen-bond acceptors (Lipinski definition) is 5. The lowest BCUT2D eigenvalue weighted by molar-refractivity contribution is -0.132. The number of rotatable bonds is 6. The molecule has 0 aliphatic carbocycles. The van der Waals surface area contributed by atoms with Crippen molar-refractivity contribution in [3.8, 4) is 0 Å². The van der Waals surface area contributed by atoms with E-state index >= 15 is 0 Å². The molecule has 2 aromatic rings. The number of aliphatic hydroxyl groups excluding tert-OH is 1. The van der Waals surface area contributed by atoms with Crippen molar-refractivity contribution in [2.75, 3.05) is 25.1 Å². The third-order valence-corrected chi connectivity index (χ3v) is 5.25. The summed E-state index contributed by atoms with van der Waals surface area (Å²) in [4.78, 5) is 13.8. The molecule has 0 bridgehead atoms. The van der Waals surface area contributed by atoms with Gasteiger partial charge in [-0.05, 0) is 30.5 Å². The van der Waals surface area contributed by atoms with Crippen LogP contribution in [0, 0.1) is 0 Å². The van der Waals surface area contributed by atoms with E-state index in [9.17, 15) is 9.90 Å². The average molecular weight is 368 g/mol. The maximum Gasteiger partial charge on any atom is 0.412 e. The zero-order valence-electron chi connectivity index (χ0n) is 15.1. The fourth-order valence-corrected chi connectivity index (χ4v) is 3.80. The monoisotopic (exact) mass is 368 g/mol. The second kappa shape index (κ2) is 7.58. The van der Waals surface area contributed by atoms with E-state index in [1.807, 2.05) is 48.5 Å². The number of benzene rings is 2. The van der Waals surface area contributed by atoms with Crippen molar-refractivity contribution in [3.63, 3.8) is 0 Å². The molecular formula is C21H24N2O4. The van der Waals surface area contributed by atoms with Gasteiger partial charge < -0.3 is 19.9 Å². The molecule has 0 radical (unpaired) electrons. The summed E-state index contributed by atoms with van der Waals surface area (Å²) < 4.78 is 11.2. The second-order valence-electron chi connectivity index (χ2n) is 7.01. The van der Waals surface area contributed by atoms with Crippen LogP contribution >= 0.6 is 0 Å². The average Bonchev–Trinajstić information content (AvgIpc) is 3.19. The Morgan fingerprint density at radius 2 is 1.81 bits per heavy atom. The quantitative estimate of drug-likeness (QED) is 0.820. The standard InChI is InChI=1S/C21H24N2O4/c24-19-18(22-17-11-5-2-6-12-17)14-27-21(19)15-26-20(25)23(21)13-7-10-16-8-3-1-4-9-16/h1-6,8-9,11-12,18-19,22,24H,7,10,13-15H2/t18-,19+,21+/m0/s1. The van der Waals surface area contributed by atoms with E-state index in [0.717, 1.165) is 18.5 Å². The lowest BCUT2D eigenvalue weighted by Crippen LogP contribution is -2.57. The van der Waals surface area contributed by atoms with Crippen LogP contribution in [-0.2, 0) is 15.9 Å². The molecule has 2 fully saturated rings. The van der Waals surface area contributed by atoms with Crippen LogP contribution in [0.4, 0.5) is 10.5 Å². The Hall–Kier alpha value is -2.57. The lowest BCUT2D eigenvalue weighted by atomic mass is 10.0. The first-order valence-corrected chi connectivity index (χ1v) is 9.31. The normalized spacial score (nSPS) is 27.1. The van der Waals surface area contributed by atoms with Gasteiger partial charge in [-0.1, -0.05) is 48.5 Å². The highest BCUT2D eigenvalue weighted by Crippen LogP contribution is 2.37. The number of amides is 1. The summed E-state index contributed by atoms with van der Waals surface area (Å²) in [5, 5.41) is 14.2. The Labute approximate surface area is 158 Å². The first-order valence-electron chi connectivity index (χ1n) is 9.31. The Morgan fingerprint density at radius 3 is 2.56 bits per heavy atom. The van der Waals surface area contributed by atoms with Gasteiger partial charge in [0.05, 0.1) is 12.6 Å². The van der Waals surface area contributed by atoms with Crippen LogP contribution in [0.5, 0.6) is 0 Å². The number of carbonyl (C=O) groups is 1. The Bertz CT molecular complexity index is 770. The van der Waals surface area contributed by atoms with E-state index in [-0.39, 0.29) is 12.6 Å². The maximum atomic E-state index is 12.3. The largest absolute Gasteiger partial charge is 0.444 e. The molecule has 3 atom stereocenters. The summed E-state index contributed by atoms with van der Waals surface area (Å²) >= 11 is 0. The molecule has 2 N–H and O–H groups in total. The van der Waals surface area contributed by atoms with Crippen molar-refractivity contribution in [2.24, 2.45) is 0 Å². The summed E-state index contributed by atoms with van der Waals surface area (Å²) in [5.74, 6) is 0. The molecule has 142 valence electrons. The summed E-state index contributed by atoms with van der Waals surface area (Å²) in [5.41, 5.74) is 1.01. The number of para-hydroxylation sites is 1.